The normalized spacial score (nSPS) is 24.0. The number of carbonyl (C=O) groups is 2. The van der Waals surface area contributed by atoms with Gasteiger partial charge in [0.05, 0.1) is 11.4 Å². The fraction of sp³-hybridized carbons (Fsp3) is 0.529. The number of nitrogens with one attached hydrogen (secondary N) is 1. The maximum atomic E-state index is 12.3. The van der Waals surface area contributed by atoms with E-state index in [2.05, 4.69) is 17.1 Å². The lowest BCUT2D eigenvalue weighted by Crippen LogP contribution is -2.30. The van der Waals surface area contributed by atoms with E-state index in [-0.39, 0.29) is 11.8 Å². The number of piperidine rings is 1. The molecule has 2 aliphatic rings. The Kier molecular flexibility index (Phi) is 4.05. The number of hydrogen-bond acceptors (Lipinski definition) is 3. The van der Waals surface area contributed by atoms with Gasteiger partial charge in [-0.1, -0.05) is 6.92 Å². The monoisotopic (exact) mass is 301 g/mol. The van der Waals surface area contributed by atoms with Crippen LogP contribution in [0.2, 0.25) is 0 Å². The fourth-order valence-corrected chi connectivity index (χ4v) is 3.11. The maximum Gasteiger partial charge on any atom is 0.248 e. The van der Waals surface area contributed by atoms with Gasteiger partial charge in [-0.15, -0.1) is 0 Å². The molecule has 1 aliphatic heterocycles. The largest absolute Gasteiger partial charge is 0.370 e. The molecule has 0 spiro atoms. The van der Waals surface area contributed by atoms with E-state index in [0.717, 1.165) is 38.0 Å². The molecule has 2 fully saturated rings. The highest BCUT2D eigenvalue weighted by Gasteiger charge is 2.39. The van der Waals surface area contributed by atoms with Gasteiger partial charge in [0.1, 0.15) is 0 Å². The Balaban J connectivity index is 1.86. The van der Waals surface area contributed by atoms with Gasteiger partial charge in [-0.3, -0.25) is 9.59 Å². The van der Waals surface area contributed by atoms with Crippen LogP contribution in [0.4, 0.5) is 11.4 Å². The molecule has 5 heteroatoms. The first-order chi connectivity index (χ1) is 10.6. The van der Waals surface area contributed by atoms with Gasteiger partial charge < -0.3 is 16.0 Å². The van der Waals surface area contributed by atoms with Crippen molar-refractivity contribution < 1.29 is 9.59 Å². The molecule has 1 saturated heterocycles. The number of nitrogens with zero attached hydrogens (tertiary/aromatic N) is 1. The summed E-state index contributed by atoms with van der Waals surface area (Å²) in [6.07, 6.45) is 4.51. The Morgan fingerprint density at radius 2 is 1.91 bits per heavy atom. The van der Waals surface area contributed by atoms with Crippen molar-refractivity contribution in [2.45, 2.75) is 32.6 Å². The minimum atomic E-state index is -0.472. The zero-order chi connectivity index (χ0) is 15.7. The number of primary amides is 1. The molecule has 1 heterocycles. The van der Waals surface area contributed by atoms with Gasteiger partial charge in [0.25, 0.3) is 0 Å². The summed E-state index contributed by atoms with van der Waals surface area (Å²) >= 11 is 0. The van der Waals surface area contributed by atoms with Gasteiger partial charge in [0, 0.05) is 24.6 Å². The van der Waals surface area contributed by atoms with Crippen molar-refractivity contribution in [3.05, 3.63) is 23.8 Å². The first kappa shape index (κ1) is 14.9. The maximum absolute atomic E-state index is 12.3. The summed E-state index contributed by atoms with van der Waals surface area (Å²) < 4.78 is 0. The highest BCUT2D eigenvalue weighted by molar-refractivity contribution is 6.00. The number of benzene rings is 1. The van der Waals surface area contributed by atoms with Crippen LogP contribution in [0.25, 0.3) is 0 Å². The number of carbonyl (C=O) groups excluding carboxylic acids is 2. The minimum Gasteiger partial charge on any atom is -0.370 e. The molecule has 5 nitrogen and oxygen atoms in total. The van der Waals surface area contributed by atoms with Crippen LogP contribution in [-0.2, 0) is 4.79 Å². The molecular formula is C17H23N3O2. The van der Waals surface area contributed by atoms with Crippen molar-refractivity contribution >= 4 is 23.2 Å². The topological polar surface area (TPSA) is 75.4 Å². The zero-order valence-corrected chi connectivity index (χ0v) is 13.0. The minimum absolute atomic E-state index is 0.0485. The molecule has 0 aromatic heterocycles. The second-order valence-corrected chi connectivity index (χ2v) is 6.45. The molecule has 3 N–H and O–H groups in total. The van der Waals surface area contributed by atoms with Crippen molar-refractivity contribution in [2.75, 3.05) is 23.3 Å². The number of hydrogen-bond donors (Lipinski definition) is 2. The molecule has 0 bridgehead atoms. The molecular weight excluding hydrogens is 278 g/mol. The summed E-state index contributed by atoms with van der Waals surface area (Å²) in [5.74, 6) is 0.136. The molecule has 2 atom stereocenters. The first-order valence-electron chi connectivity index (χ1n) is 8.06. The molecule has 1 aromatic carbocycles. The second-order valence-electron chi connectivity index (χ2n) is 6.45. The van der Waals surface area contributed by atoms with Crippen LogP contribution in [0.3, 0.4) is 0 Å². The van der Waals surface area contributed by atoms with Crippen LogP contribution in [0, 0.1) is 11.8 Å². The van der Waals surface area contributed by atoms with Gasteiger partial charge in [0.15, 0.2) is 0 Å². The van der Waals surface area contributed by atoms with Gasteiger partial charge in [0.2, 0.25) is 11.8 Å². The number of anilines is 2. The third-order valence-corrected chi connectivity index (χ3v) is 4.68. The summed E-state index contributed by atoms with van der Waals surface area (Å²) in [4.78, 5) is 26.0. The average molecular weight is 301 g/mol. The molecule has 1 saturated carbocycles. The van der Waals surface area contributed by atoms with E-state index in [4.69, 9.17) is 5.73 Å². The lowest BCUT2D eigenvalue weighted by atomic mass is 10.1. The predicted molar refractivity (Wildman–Crippen MR) is 86.9 cm³/mol. The summed E-state index contributed by atoms with van der Waals surface area (Å²) in [6, 6.07) is 5.34. The number of nitrogens with two attached hydrogens (primary N) is 1. The lowest BCUT2D eigenvalue weighted by molar-refractivity contribution is -0.117. The SMILES string of the molecule is CC1CC1C(=O)Nc1cc(C(N)=O)ccc1N1CCCCC1. The van der Waals surface area contributed by atoms with Crippen molar-refractivity contribution in [3.63, 3.8) is 0 Å². The van der Waals surface area contributed by atoms with Gasteiger partial charge in [-0.25, -0.2) is 0 Å². The van der Waals surface area contributed by atoms with Crippen LogP contribution in [0.1, 0.15) is 43.0 Å². The summed E-state index contributed by atoms with van der Waals surface area (Å²) in [7, 11) is 0. The van der Waals surface area contributed by atoms with Crippen molar-refractivity contribution in [1.82, 2.24) is 0 Å². The molecule has 0 radical (unpaired) electrons. The molecule has 2 unspecified atom stereocenters. The van der Waals surface area contributed by atoms with Crippen LogP contribution >= 0.6 is 0 Å². The lowest BCUT2D eigenvalue weighted by Gasteiger charge is -2.30. The van der Waals surface area contributed by atoms with Crippen molar-refractivity contribution in [2.24, 2.45) is 17.6 Å². The van der Waals surface area contributed by atoms with E-state index < -0.39 is 5.91 Å². The van der Waals surface area contributed by atoms with Gasteiger partial charge in [-0.05, 0) is 49.8 Å². The average Bonchev–Trinajstić information content (AvgIpc) is 3.25. The van der Waals surface area contributed by atoms with E-state index in [1.54, 1.807) is 12.1 Å². The standard InChI is InChI=1S/C17H23N3O2/c1-11-9-13(11)17(22)19-14-10-12(16(18)21)5-6-15(14)20-7-3-2-4-8-20/h5-6,10-11,13H,2-4,7-9H2,1H3,(H2,18,21)(H,19,22). The summed E-state index contributed by atoms with van der Waals surface area (Å²) in [5, 5.41) is 3.01. The first-order valence-corrected chi connectivity index (χ1v) is 8.06. The Morgan fingerprint density at radius 3 is 2.50 bits per heavy atom. The van der Waals surface area contributed by atoms with Gasteiger partial charge >= 0.3 is 0 Å². The molecule has 22 heavy (non-hydrogen) atoms. The van der Waals surface area contributed by atoms with Crippen LogP contribution in [-0.4, -0.2) is 24.9 Å². The smallest absolute Gasteiger partial charge is 0.248 e. The third-order valence-electron chi connectivity index (χ3n) is 4.68. The Labute approximate surface area is 130 Å². The van der Waals surface area contributed by atoms with Crippen LogP contribution in [0.5, 0.6) is 0 Å². The molecule has 118 valence electrons. The Morgan fingerprint density at radius 1 is 1.23 bits per heavy atom. The Bertz CT molecular complexity index is 594. The van der Waals surface area contributed by atoms with E-state index in [1.165, 1.54) is 6.42 Å². The van der Waals surface area contributed by atoms with Gasteiger partial charge in [-0.2, -0.15) is 0 Å². The van der Waals surface area contributed by atoms with E-state index in [1.807, 2.05) is 6.07 Å². The fourth-order valence-electron chi connectivity index (χ4n) is 3.11. The zero-order valence-electron chi connectivity index (χ0n) is 13.0. The molecule has 1 aliphatic carbocycles. The van der Waals surface area contributed by atoms with E-state index in [0.29, 0.717) is 17.2 Å². The van der Waals surface area contributed by atoms with Crippen molar-refractivity contribution in [3.8, 4) is 0 Å². The third kappa shape index (κ3) is 3.08. The summed E-state index contributed by atoms with van der Waals surface area (Å²) in [6.45, 7) is 4.05. The number of rotatable bonds is 4. The quantitative estimate of drug-likeness (QED) is 0.896. The van der Waals surface area contributed by atoms with Crippen LogP contribution < -0.4 is 16.0 Å². The number of amides is 2. The second kappa shape index (κ2) is 5.99. The Hall–Kier alpha value is -2.04. The molecule has 1 aromatic rings. The van der Waals surface area contributed by atoms with E-state index >= 15 is 0 Å². The summed E-state index contributed by atoms with van der Waals surface area (Å²) in [5.41, 5.74) is 7.50. The van der Waals surface area contributed by atoms with E-state index in [9.17, 15) is 9.59 Å². The van der Waals surface area contributed by atoms with Crippen molar-refractivity contribution in [1.29, 1.82) is 0 Å². The highest BCUT2D eigenvalue weighted by atomic mass is 16.2. The molecule has 3 rings (SSSR count). The van der Waals surface area contributed by atoms with Crippen LogP contribution in [0.15, 0.2) is 18.2 Å². The predicted octanol–water partition coefficient (Wildman–Crippen LogP) is 2.37. The highest BCUT2D eigenvalue weighted by Crippen LogP contribution is 2.39. The molecule has 2 amide bonds.